The zero-order chi connectivity index (χ0) is 12.4. The van der Waals surface area contributed by atoms with E-state index >= 15 is 0 Å². The van der Waals surface area contributed by atoms with Crippen LogP contribution in [0, 0.1) is 12.8 Å². The zero-order valence-electron chi connectivity index (χ0n) is 10.2. The van der Waals surface area contributed by atoms with Gasteiger partial charge >= 0.3 is 0 Å². The molecule has 1 aliphatic rings. The Hall–Kier alpha value is 0.430. The van der Waals surface area contributed by atoms with E-state index < -0.39 is 0 Å². The van der Waals surface area contributed by atoms with Gasteiger partial charge < -0.3 is 4.74 Å². The topological polar surface area (TPSA) is 9.23 Å². The lowest BCUT2D eigenvalue weighted by Crippen LogP contribution is -2.31. The van der Waals surface area contributed by atoms with Crippen molar-refractivity contribution >= 4 is 38.9 Å². The molecule has 4 heteroatoms. The van der Waals surface area contributed by atoms with Crippen molar-refractivity contribution < 1.29 is 4.74 Å². The maximum atomic E-state index is 6.50. The predicted molar refractivity (Wildman–Crippen MR) is 78.1 cm³/mol. The highest BCUT2D eigenvalue weighted by Crippen LogP contribution is 2.43. The van der Waals surface area contributed by atoms with Gasteiger partial charge in [0.05, 0.1) is 11.5 Å². The van der Waals surface area contributed by atoms with Gasteiger partial charge in [0.2, 0.25) is 0 Å². The summed E-state index contributed by atoms with van der Waals surface area (Å²) in [6.07, 6.45) is 3.92. The van der Waals surface area contributed by atoms with E-state index in [1.54, 1.807) is 11.3 Å². The summed E-state index contributed by atoms with van der Waals surface area (Å²) in [6, 6.07) is 2.15. The lowest BCUT2D eigenvalue weighted by Gasteiger charge is -2.35. The molecule has 1 atom stereocenters. The van der Waals surface area contributed by atoms with E-state index in [-0.39, 0.29) is 5.38 Å². The highest BCUT2D eigenvalue weighted by Gasteiger charge is 2.32. The van der Waals surface area contributed by atoms with Crippen LogP contribution in [0.1, 0.15) is 41.3 Å². The van der Waals surface area contributed by atoms with Crippen molar-refractivity contribution in [2.24, 2.45) is 5.92 Å². The van der Waals surface area contributed by atoms with Crippen molar-refractivity contribution in [1.29, 1.82) is 0 Å². The number of ether oxygens (including phenoxy) is 1. The van der Waals surface area contributed by atoms with Crippen molar-refractivity contribution in [1.82, 2.24) is 0 Å². The van der Waals surface area contributed by atoms with Gasteiger partial charge in [-0.3, -0.25) is 0 Å². The zero-order valence-corrected chi connectivity index (χ0v) is 13.4. The second-order valence-corrected chi connectivity index (χ2v) is 7.36. The maximum Gasteiger partial charge on any atom is 0.0692 e. The van der Waals surface area contributed by atoms with Gasteiger partial charge in [0, 0.05) is 20.8 Å². The average Bonchev–Trinajstić information content (AvgIpc) is 2.54. The molecule has 1 aliphatic carbocycles. The largest absolute Gasteiger partial charge is 0.378 e. The minimum absolute atomic E-state index is 0.149. The van der Waals surface area contributed by atoms with Crippen molar-refractivity contribution in [3.63, 3.8) is 0 Å². The summed E-state index contributed by atoms with van der Waals surface area (Å²) in [5.41, 5.74) is 0. The molecule has 0 radical (unpaired) electrons. The van der Waals surface area contributed by atoms with Crippen LogP contribution in [0.5, 0.6) is 0 Å². The van der Waals surface area contributed by atoms with Crippen LogP contribution in [0.15, 0.2) is 10.5 Å². The van der Waals surface area contributed by atoms with Crippen LogP contribution in [-0.2, 0) is 4.74 Å². The summed E-state index contributed by atoms with van der Waals surface area (Å²) in [7, 11) is 0. The smallest absolute Gasteiger partial charge is 0.0692 e. The third-order valence-electron chi connectivity index (χ3n) is 3.26. The van der Waals surface area contributed by atoms with Crippen LogP contribution in [0.2, 0.25) is 0 Å². The minimum atomic E-state index is 0.149. The van der Waals surface area contributed by atoms with Crippen LogP contribution in [0.25, 0.3) is 0 Å². The fourth-order valence-electron chi connectivity index (χ4n) is 2.35. The Kier molecular flexibility index (Phi) is 4.93. The molecule has 0 spiro atoms. The molecule has 1 heterocycles. The van der Waals surface area contributed by atoms with Gasteiger partial charge in [-0.05, 0) is 61.0 Å². The summed E-state index contributed by atoms with van der Waals surface area (Å²) >= 11 is 11.9. The van der Waals surface area contributed by atoms with Crippen molar-refractivity contribution in [2.45, 2.75) is 44.6 Å². The third kappa shape index (κ3) is 3.46. The van der Waals surface area contributed by atoms with Gasteiger partial charge in [-0.25, -0.2) is 0 Å². The van der Waals surface area contributed by atoms with Gasteiger partial charge in [-0.1, -0.05) is 0 Å². The molecule has 0 saturated heterocycles. The highest BCUT2D eigenvalue weighted by molar-refractivity contribution is 9.10. The molecule has 1 unspecified atom stereocenters. The fourth-order valence-corrected chi connectivity index (χ4v) is 4.91. The van der Waals surface area contributed by atoms with E-state index in [0.29, 0.717) is 6.10 Å². The van der Waals surface area contributed by atoms with E-state index in [4.69, 9.17) is 16.3 Å². The van der Waals surface area contributed by atoms with Crippen LogP contribution < -0.4 is 0 Å². The first-order chi connectivity index (χ1) is 8.10. The molecule has 1 nitrogen and oxygen atoms in total. The Morgan fingerprint density at radius 2 is 2.29 bits per heavy atom. The molecule has 0 aliphatic heterocycles. The number of rotatable bonds is 5. The van der Waals surface area contributed by atoms with Gasteiger partial charge in [-0.15, -0.1) is 22.9 Å². The molecule has 1 aromatic heterocycles. The number of aryl methyl sites for hydroxylation is 1. The van der Waals surface area contributed by atoms with Gasteiger partial charge in [0.15, 0.2) is 0 Å². The van der Waals surface area contributed by atoms with E-state index in [2.05, 4.69) is 35.8 Å². The molecular formula is C13H18BrClOS. The Morgan fingerprint density at radius 3 is 2.82 bits per heavy atom. The standard InChI is InChI=1S/C13H18BrClOS/c1-3-16-10-5-9(6-10)7-12(15)13-11(14)4-8(2)17-13/h4,9-10,12H,3,5-7H2,1-2H3. The molecule has 96 valence electrons. The van der Waals surface area contributed by atoms with Crippen LogP contribution in [-0.4, -0.2) is 12.7 Å². The molecule has 0 N–H and O–H groups in total. The normalized spacial score (nSPS) is 25.6. The summed E-state index contributed by atoms with van der Waals surface area (Å²) in [5, 5.41) is 0.149. The first-order valence-corrected chi connectivity index (χ1v) is 8.16. The molecule has 0 aromatic carbocycles. The van der Waals surface area contributed by atoms with E-state index in [0.717, 1.165) is 18.9 Å². The lowest BCUT2D eigenvalue weighted by atomic mass is 9.79. The number of alkyl halides is 1. The summed E-state index contributed by atoms with van der Waals surface area (Å²) in [4.78, 5) is 2.60. The molecule has 0 bridgehead atoms. The summed E-state index contributed by atoms with van der Waals surface area (Å²) < 4.78 is 6.74. The van der Waals surface area contributed by atoms with Gasteiger partial charge in [0.1, 0.15) is 0 Å². The maximum absolute atomic E-state index is 6.50. The third-order valence-corrected chi connectivity index (χ3v) is 5.86. The first-order valence-electron chi connectivity index (χ1n) is 6.11. The molecule has 2 rings (SSSR count). The molecular weight excluding hydrogens is 320 g/mol. The summed E-state index contributed by atoms with van der Waals surface area (Å²) in [5.74, 6) is 0.739. The number of thiophene rings is 1. The van der Waals surface area contributed by atoms with Gasteiger partial charge in [-0.2, -0.15) is 0 Å². The van der Waals surface area contributed by atoms with E-state index in [1.807, 2.05) is 0 Å². The Balaban J connectivity index is 1.82. The number of hydrogen-bond acceptors (Lipinski definition) is 2. The average molecular weight is 338 g/mol. The SMILES string of the molecule is CCOC1CC(CC(Cl)c2sc(C)cc2Br)C1. The second kappa shape index (κ2) is 6.05. The summed E-state index contributed by atoms with van der Waals surface area (Å²) in [6.45, 7) is 5.01. The van der Waals surface area contributed by atoms with Crippen LogP contribution in [0.3, 0.4) is 0 Å². The number of halogens is 2. The van der Waals surface area contributed by atoms with Crippen molar-refractivity contribution in [3.8, 4) is 0 Å². The Labute approximate surface area is 121 Å². The van der Waals surface area contributed by atoms with Crippen molar-refractivity contribution in [3.05, 3.63) is 20.3 Å². The Bertz CT molecular complexity index is 373. The van der Waals surface area contributed by atoms with Gasteiger partial charge in [0.25, 0.3) is 0 Å². The monoisotopic (exact) mass is 336 g/mol. The quantitative estimate of drug-likeness (QED) is 0.662. The molecule has 1 saturated carbocycles. The predicted octanol–water partition coefficient (Wildman–Crippen LogP) is 5.30. The Morgan fingerprint density at radius 1 is 1.59 bits per heavy atom. The van der Waals surface area contributed by atoms with E-state index in [1.165, 1.54) is 27.1 Å². The van der Waals surface area contributed by atoms with E-state index in [9.17, 15) is 0 Å². The fraction of sp³-hybridized carbons (Fsp3) is 0.692. The minimum Gasteiger partial charge on any atom is -0.378 e. The first kappa shape index (κ1) is 13.9. The van der Waals surface area contributed by atoms with Crippen LogP contribution >= 0.6 is 38.9 Å². The lowest BCUT2D eigenvalue weighted by molar-refractivity contribution is -0.0266. The number of hydrogen-bond donors (Lipinski definition) is 0. The highest BCUT2D eigenvalue weighted by atomic mass is 79.9. The van der Waals surface area contributed by atoms with Crippen LogP contribution in [0.4, 0.5) is 0 Å². The molecule has 17 heavy (non-hydrogen) atoms. The second-order valence-electron chi connectivity index (χ2n) is 4.69. The molecule has 1 aromatic rings. The molecule has 1 fully saturated rings. The van der Waals surface area contributed by atoms with Crippen molar-refractivity contribution in [2.75, 3.05) is 6.61 Å². The molecule has 0 amide bonds.